The number of pyridine rings is 2. The second-order valence-electron chi connectivity index (χ2n) is 21.4. The molecule has 8 rings (SSSR count). The average Bonchev–Trinajstić information content (AvgIpc) is 4.17. The number of aliphatic hydroxyl groups is 1. The van der Waals surface area contributed by atoms with Crippen LogP contribution in [0.4, 0.5) is 20.3 Å². The Kier molecular flexibility index (Phi) is 17.4. The number of benzene rings is 2. The van der Waals surface area contributed by atoms with Crippen LogP contribution in [0.25, 0.3) is 32.5 Å². The van der Waals surface area contributed by atoms with E-state index in [9.17, 15) is 41.9 Å². The molecule has 0 unspecified atom stereocenters. The molecule has 6 heterocycles. The van der Waals surface area contributed by atoms with E-state index >= 15 is 4.39 Å². The molecule has 4 aromatic heterocycles. The third kappa shape index (κ3) is 13.3. The van der Waals surface area contributed by atoms with Crippen LogP contribution in [0.15, 0.2) is 71.4 Å². The lowest BCUT2D eigenvalue weighted by molar-refractivity contribution is -0.144. The summed E-state index contributed by atoms with van der Waals surface area (Å²) in [7, 11) is -2.09. The van der Waals surface area contributed by atoms with E-state index in [0.717, 1.165) is 72.7 Å². The molecule has 21 heteroatoms. The number of hydrogen-bond acceptors (Lipinski definition) is 12. The van der Waals surface area contributed by atoms with E-state index < -0.39 is 62.6 Å². The number of anilines is 2. The number of hydrogen-bond donors (Lipinski definition) is 5. The molecule has 2 aromatic carbocycles. The lowest BCUT2D eigenvalue weighted by Crippen LogP contribution is -2.57. The molecule has 2 aliphatic rings. The zero-order valence-corrected chi connectivity index (χ0v) is 45.9. The number of nitrogens with one attached hydrogen (secondary N) is 4. The average molecular weight is 1100 g/mol. The predicted octanol–water partition coefficient (Wildman–Crippen LogP) is 7.88. The topological polar surface area (TPSA) is 229 Å². The molecule has 6 aromatic rings. The number of unbranched alkanes of at least 4 members (excludes halogenated alkanes) is 7. The number of carbonyl (C=O) groups excluding carboxylic acids is 4. The van der Waals surface area contributed by atoms with Gasteiger partial charge >= 0.3 is 0 Å². The number of halogens is 2. The van der Waals surface area contributed by atoms with Gasteiger partial charge in [0.05, 0.1) is 46.4 Å². The Hall–Kier alpha value is -6.84. The van der Waals surface area contributed by atoms with Crippen LogP contribution in [0.2, 0.25) is 0 Å². The first kappa shape index (κ1) is 56.4. The molecule has 77 heavy (non-hydrogen) atoms. The number of aromatic amines is 1. The molecule has 1 saturated heterocycles. The van der Waals surface area contributed by atoms with Gasteiger partial charge in [-0.3, -0.25) is 24.0 Å². The molecule has 17 nitrogen and oxygen atoms in total. The van der Waals surface area contributed by atoms with Gasteiger partial charge in [-0.25, -0.2) is 27.2 Å². The van der Waals surface area contributed by atoms with E-state index in [1.165, 1.54) is 20.4 Å². The van der Waals surface area contributed by atoms with E-state index in [1.54, 1.807) is 42.4 Å². The third-order valence-electron chi connectivity index (χ3n) is 14.3. The molecule has 0 spiro atoms. The summed E-state index contributed by atoms with van der Waals surface area (Å²) in [5, 5.41) is 20.0. The lowest BCUT2D eigenvalue weighted by atomic mass is 9.85. The largest absolute Gasteiger partial charge is 0.391 e. The maximum atomic E-state index is 15.5. The minimum Gasteiger partial charge on any atom is -0.391 e. The molecule has 410 valence electrons. The normalized spacial score (nSPS) is 15.8. The van der Waals surface area contributed by atoms with Gasteiger partial charge in [0.25, 0.3) is 11.5 Å². The van der Waals surface area contributed by atoms with Gasteiger partial charge in [0.1, 0.15) is 23.4 Å². The molecule has 2 aliphatic heterocycles. The van der Waals surface area contributed by atoms with Crippen molar-refractivity contribution in [2.45, 2.75) is 129 Å². The minimum absolute atomic E-state index is 0.00574. The fraction of sp³-hybridized carbons (Fsp3) is 0.446. The van der Waals surface area contributed by atoms with Gasteiger partial charge in [0.15, 0.2) is 21.5 Å². The summed E-state index contributed by atoms with van der Waals surface area (Å²) in [6.45, 7) is 8.07. The fourth-order valence-corrected chi connectivity index (χ4v) is 11.9. The first-order chi connectivity index (χ1) is 36.6. The number of aliphatic hydroxyl groups excluding tert-OH is 1. The molecule has 5 N–H and O–H groups in total. The van der Waals surface area contributed by atoms with Crippen molar-refractivity contribution >= 4 is 67.2 Å². The van der Waals surface area contributed by atoms with E-state index in [0.29, 0.717) is 58.7 Å². The van der Waals surface area contributed by atoms with Crippen molar-refractivity contribution in [1.82, 2.24) is 40.4 Å². The Morgan fingerprint density at radius 3 is 2.31 bits per heavy atom. The Morgan fingerprint density at radius 2 is 1.65 bits per heavy atom. The Bertz CT molecular complexity index is 3350. The van der Waals surface area contributed by atoms with E-state index in [2.05, 4.69) is 30.9 Å². The summed E-state index contributed by atoms with van der Waals surface area (Å²) in [5.74, 6) is -4.07. The van der Waals surface area contributed by atoms with Crippen LogP contribution in [-0.4, -0.2) is 99.1 Å². The summed E-state index contributed by atoms with van der Waals surface area (Å²) < 4.78 is 56.7. The van der Waals surface area contributed by atoms with Crippen LogP contribution in [0.1, 0.15) is 118 Å². The van der Waals surface area contributed by atoms with E-state index in [1.807, 2.05) is 52.0 Å². The fourth-order valence-electron chi connectivity index (χ4n) is 10.3. The number of amides is 4. The first-order valence-electron chi connectivity index (χ1n) is 26.0. The maximum absolute atomic E-state index is 15.5. The number of aryl methyl sites for hydroxylation is 2. The number of H-pyrrole nitrogens is 1. The number of fused-ring (bicyclic) bond motifs is 2. The van der Waals surface area contributed by atoms with E-state index in [-0.39, 0.29) is 66.8 Å². The zero-order chi connectivity index (χ0) is 55.3. The summed E-state index contributed by atoms with van der Waals surface area (Å²) in [6.07, 6.45) is 11.2. The van der Waals surface area contributed by atoms with Crippen molar-refractivity contribution < 1.29 is 41.5 Å². The predicted molar refractivity (Wildman–Crippen MR) is 293 cm³/mol. The van der Waals surface area contributed by atoms with Crippen LogP contribution in [0.5, 0.6) is 0 Å². The second kappa shape index (κ2) is 23.8. The number of likely N-dealkylation sites (tertiary alicyclic amines) is 1. The van der Waals surface area contributed by atoms with Gasteiger partial charge < -0.3 is 40.4 Å². The zero-order valence-electron chi connectivity index (χ0n) is 44.3. The van der Waals surface area contributed by atoms with Gasteiger partial charge in [0.2, 0.25) is 17.7 Å². The van der Waals surface area contributed by atoms with Gasteiger partial charge in [0, 0.05) is 86.3 Å². The third-order valence-corrected chi connectivity index (χ3v) is 16.1. The van der Waals surface area contributed by atoms with Crippen molar-refractivity contribution in [2.75, 3.05) is 24.2 Å². The minimum atomic E-state index is -3.67. The molecule has 0 aliphatic carbocycles. The molecule has 3 atom stereocenters. The molecule has 0 radical (unpaired) electrons. The smallest absolute Gasteiger partial charge is 0.274 e. The summed E-state index contributed by atoms with van der Waals surface area (Å²) in [4.78, 5) is 83.4. The van der Waals surface area contributed by atoms with Crippen molar-refractivity contribution in [3.63, 3.8) is 0 Å². The van der Waals surface area contributed by atoms with Gasteiger partial charge in [-0.2, -0.15) is 0 Å². The number of carbonyl (C=O) groups is 4. The quantitative estimate of drug-likeness (QED) is 0.0436. The molecule has 1 fully saturated rings. The Balaban J connectivity index is 0.795. The highest BCUT2D eigenvalue weighted by Gasteiger charge is 2.44. The Labute approximate surface area is 450 Å². The second-order valence-corrected chi connectivity index (χ2v) is 24.4. The summed E-state index contributed by atoms with van der Waals surface area (Å²) in [5.41, 5.74) is 6.21. The highest BCUT2D eigenvalue weighted by molar-refractivity contribution is 7.89. The van der Waals surface area contributed by atoms with Gasteiger partial charge in [-0.15, -0.1) is 11.3 Å². The lowest BCUT2D eigenvalue weighted by Gasteiger charge is -2.35. The van der Waals surface area contributed by atoms with Crippen LogP contribution in [0, 0.1) is 24.0 Å². The van der Waals surface area contributed by atoms with Crippen molar-refractivity contribution in [2.24, 2.45) is 12.5 Å². The number of β-amino-alcohol motifs (C(OH)–C–C–N with tert-alkyl or cyclic N) is 1. The van der Waals surface area contributed by atoms with Crippen LogP contribution in [-0.2, 0) is 50.1 Å². The van der Waals surface area contributed by atoms with Crippen molar-refractivity contribution in [1.29, 1.82) is 0 Å². The number of nitrogens with zero attached hydrogens (tertiary/aromatic N) is 5. The number of aromatic nitrogens is 4. The van der Waals surface area contributed by atoms with Crippen LogP contribution >= 0.6 is 11.3 Å². The SMILES string of the molecule is Cc1ncsc1-c1ccc(CNC(=O)[C@@H]2C[C@H](O)CN2C(=O)[C@@H](NC(=O)CCCCCCCCCCNC(=O)c2cc3c(cc2CS(C)(=O)=O)-c2cn(C)c(=O)c4[nH]cc(c24)CN3c2ncc(F)cc2F)C(C)(C)C)cc1. The van der Waals surface area contributed by atoms with Crippen LogP contribution < -0.4 is 26.4 Å². The highest BCUT2D eigenvalue weighted by atomic mass is 32.2. The van der Waals surface area contributed by atoms with Crippen LogP contribution in [0.3, 0.4) is 0 Å². The maximum Gasteiger partial charge on any atom is 0.274 e. The van der Waals surface area contributed by atoms with Gasteiger partial charge in [-0.05, 0) is 59.6 Å². The van der Waals surface area contributed by atoms with Gasteiger partial charge in [-0.1, -0.05) is 83.6 Å². The molecular weight excluding hydrogens is 1030 g/mol. The number of rotatable bonds is 21. The first-order valence-corrected chi connectivity index (χ1v) is 29.0. The van der Waals surface area contributed by atoms with Crippen molar-refractivity contribution in [3.05, 3.63) is 117 Å². The number of thiazole rings is 1. The van der Waals surface area contributed by atoms with E-state index in [4.69, 9.17) is 0 Å². The molecular formula is C56H67F2N9O8S2. The van der Waals surface area contributed by atoms with Crippen molar-refractivity contribution in [3.8, 4) is 21.6 Å². The summed E-state index contributed by atoms with van der Waals surface area (Å²) in [6, 6.07) is 9.87. The Morgan fingerprint density at radius 1 is 0.948 bits per heavy atom. The molecule has 0 bridgehead atoms. The highest BCUT2D eigenvalue weighted by Crippen LogP contribution is 2.45. The molecule has 0 saturated carbocycles. The standard InChI is InChI=1S/C56H67F2N9O8S2/c1-33-49(76-32-63-33)35-18-16-34(17-19-35)25-62-53(71)45-23-39(68)29-67(45)55(73)50(56(2,3)4)64-46(69)15-13-11-9-7-8-10-12-14-20-59-52(70)40-24-44-41(21-36(40)31-77(6,74)75)42-30-65(5)54(72)48-47(42)37(26-60-48)28-66(44)51-43(58)22-38(57)27-61-51/h16-19,21-22,24,26-27,30,32,39,45,50,60,68H,7-15,20,23,25,28-29,31H2,1-6H3,(H,59,70)(H,62,71)(H,64,69)/t39-,45-,50+/m0/s1. The summed E-state index contributed by atoms with van der Waals surface area (Å²) >= 11 is 1.56. The molecule has 4 amide bonds. The monoisotopic (exact) mass is 1100 g/mol. The number of sulfone groups is 1.